The molecule has 2 heterocycles. The van der Waals surface area contributed by atoms with E-state index >= 15 is 0 Å². The molecular weight excluding hydrogens is 376 g/mol. The number of carbonyl (C=O) groups is 3. The van der Waals surface area contributed by atoms with Gasteiger partial charge in [-0.2, -0.15) is 0 Å². The quantitative estimate of drug-likeness (QED) is 0.532. The summed E-state index contributed by atoms with van der Waals surface area (Å²) in [7, 11) is 0. The normalized spacial score (nSPS) is 27.3. The first kappa shape index (κ1) is 20.9. The zero-order valence-corrected chi connectivity index (χ0v) is 16.3. The largest absolute Gasteiger partial charge is 0.459 e. The van der Waals surface area contributed by atoms with Crippen molar-refractivity contribution < 1.29 is 38.1 Å². The van der Waals surface area contributed by atoms with Crippen LogP contribution in [0.25, 0.3) is 6.08 Å². The molecular formula is C18H22O8S. The molecule has 8 nitrogen and oxygen atoms in total. The lowest BCUT2D eigenvalue weighted by molar-refractivity contribution is -0.280. The SMILES string of the molecule is C=Cc1sccc1OC1OC(C)C(OC(C)=O)C(OC(C)=O)C1OC(C)=O. The fourth-order valence-electron chi connectivity index (χ4n) is 2.75. The number of hydrogen-bond donors (Lipinski definition) is 0. The van der Waals surface area contributed by atoms with Gasteiger partial charge in [0.1, 0.15) is 5.75 Å². The molecule has 9 heteroatoms. The number of rotatable bonds is 6. The topological polar surface area (TPSA) is 97.4 Å². The molecule has 0 saturated carbocycles. The van der Waals surface area contributed by atoms with Crippen molar-refractivity contribution in [2.75, 3.05) is 0 Å². The maximum absolute atomic E-state index is 11.6. The van der Waals surface area contributed by atoms with Crippen LogP contribution in [0.3, 0.4) is 0 Å². The van der Waals surface area contributed by atoms with Crippen molar-refractivity contribution in [2.45, 2.75) is 58.4 Å². The minimum atomic E-state index is -1.13. The van der Waals surface area contributed by atoms with Crippen LogP contribution in [0.5, 0.6) is 5.75 Å². The summed E-state index contributed by atoms with van der Waals surface area (Å²) in [4.78, 5) is 35.5. The Balaban J connectivity index is 2.36. The van der Waals surface area contributed by atoms with E-state index in [0.29, 0.717) is 5.75 Å². The van der Waals surface area contributed by atoms with E-state index in [-0.39, 0.29) is 0 Å². The van der Waals surface area contributed by atoms with Gasteiger partial charge in [0, 0.05) is 20.8 Å². The first-order chi connectivity index (χ1) is 12.7. The Hall–Kier alpha value is -2.39. The average Bonchev–Trinajstić information content (AvgIpc) is 3.00. The second-order valence-electron chi connectivity index (χ2n) is 5.90. The number of carbonyl (C=O) groups excluding carboxylic acids is 3. The Morgan fingerprint density at radius 2 is 1.59 bits per heavy atom. The van der Waals surface area contributed by atoms with E-state index in [0.717, 1.165) is 4.88 Å². The third-order valence-corrected chi connectivity index (χ3v) is 4.61. The highest BCUT2D eigenvalue weighted by molar-refractivity contribution is 7.11. The summed E-state index contributed by atoms with van der Waals surface area (Å²) in [6, 6.07) is 1.72. The van der Waals surface area contributed by atoms with Gasteiger partial charge in [-0.3, -0.25) is 14.4 Å². The van der Waals surface area contributed by atoms with Crippen LogP contribution in [0.1, 0.15) is 32.6 Å². The summed E-state index contributed by atoms with van der Waals surface area (Å²) in [5.41, 5.74) is 0. The molecule has 1 fully saturated rings. The Morgan fingerprint density at radius 1 is 1.04 bits per heavy atom. The van der Waals surface area contributed by atoms with E-state index < -0.39 is 48.6 Å². The molecule has 5 unspecified atom stereocenters. The zero-order chi connectivity index (χ0) is 20.1. The Bertz CT molecular complexity index is 712. The van der Waals surface area contributed by atoms with Gasteiger partial charge in [-0.15, -0.1) is 11.3 Å². The molecule has 5 atom stereocenters. The van der Waals surface area contributed by atoms with Gasteiger partial charge in [-0.05, 0) is 24.4 Å². The Kier molecular flexibility index (Phi) is 6.98. The van der Waals surface area contributed by atoms with Gasteiger partial charge in [0.25, 0.3) is 0 Å². The molecule has 0 N–H and O–H groups in total. The predicted molar refractivity (Wildman–Crippen MR) is 96.0 cm³/mol. The van der Waals surface area contributed by atoms with Crippen LogP contribution < -0.4 is 4.74 Å². The molecule has 0 amide bonds. The smallest absolute Gasteiger partial charge is 0.303 e. The van der Waals surface area contributed by atoms with Crippen LogP contribution in [-0.2, 0) is 33.3 Å². The van der Waals surface area contributed by atoms with E-state index in [1.165, 1.54) is 32.1 Å². The molecule has 0 bridgehead atoms. The molecule has 0 spiro atoms. The highest BCUT2D eigenvalue weighted by Crippen LogP contribution is 2.33. The highest BCUT2D eigenvalue weighted by atomic mass is 32.1. The van der Waals surface area contributed by atoms with E-state index in [2.05, 4.69) is 6.58 Å². The first-order valence-corrected chi connectivity index (χ1v) is 9.14. The fourth-order valence-corrected chi connectivity index (χ4v) is 3.41. The molecule has 0 radical (unpaired) electrons. The van der Waals surface area contributed by atoms with Crippen molar-refractivity contribution in [2.24, 2.45) is 0 Å². The van der Waals surface area contributed by atoms with Crippen LogP contribution in [0.2, 0.25) is 0 Å². The molecule has 1 aromatic heterocycles. The van der Waals surface area contributed by atoms with Gasteiger partial charge in [-0.1, -0.05) is 6.58 Å². The van der Waals surface area contributed by atoms with Gasteiger partial charge in [-0.25, -0.2) is 0 Å². The summed E-state index contributed by atoms with van der Waals surface area (Å²) >= 11 is 1.41. The molecule has 0 aromatic carbocycles. The van der Waals surface area contributed by atoms with Crippen molar-refractivity contribution in [1.29, 1.82) is 0 Å². The number of hydrogen-bond acceptors (Lipinski definition) is 9. The summed E-state index contributed by atoms with van der Waals surface area (Å²) in [5, 5.41) is 1.81. The van der Waals surface area contributed by atoms with Crippen LogP contribution >= 0.6 is 11.3 Å². The summed E-state index contributed by atoms with van der Waals surface area (Å²) in [5.74, 6) is -1.35. The van der Waals surface area contributed by atoms with Crippen molar-refractivity contribution in [3.05, 3.63) is 22.9 Å². The first-order valence-electron chi connectivity index (χ1n) is 8.26. The van der Waals surface area contributed by atoms with Gasteiger partial charge in [0.15, 0.2) is 12.2 Å². The molecule has 0 aliphatic carbocycles. The molecule has 1 aliphatic heterocycles. The Labute approximate surface area is 161 Å². The molecule has 1 aromatic rings. The van der Waals surface area contributed by atoms with Gasteiger partial charge >= 0.3 is 17.9 Å². The third kappa shape index (κ3) is 5.30. The minimum absolute atomic E-state index is 0.483. The van der Waals surface area contributed by atoms with Crippen LogP contribution in [0.4, 0.5) is 0 Å². The maximum atomic E-state index is 11.6. The van der Waals surface area contributed by atoms with Crippen molar-refractivity contribution in [3.63, 3.8) is 0 Å². The standard InChI is InChI=1S/C18H22O8S/c1-6-14-13(7-8-27-14)26-18-17(25-12(5)21)16(24-11(4)20)15(9(2)22-18)23-10(3)19/h6-9,15-18H,1H2,2-5H3. The fraction of sp³-hybridized carbons (Fsp3) is 0.500. The predicted octanol–water partition coefficient (Wildman–Crippen LogP) is 2.31. The summed E-state index contributed by atoms with van der Waals surface area (Å²) in [6.07, 6.45) is -3.32. The molecule has 27 heavy (non-hydrogen) atoms. The lowest BCUT2D eigenvalue weighted by atomic mass is 9.99. The number of ether oxygens (including phenoxy) is 5. The van der Waals surface area contributed by atoms with E-state index in [4.69, 9.17) is 23.7 Å². The zero-order valence-electron chi connectivity index (χ0n) is 15.5. The lowest BCUT2D eigenvalue weighted by Crippen LogP contribution is -2.62. The van der Waals surface area contributed by atoms with Crippen LogP contribution in [0, 0.1) is 0 Å². The monoisotopic (exact) mass is 398 g/mol. The van der Waals surface area contributed by atoms with Crippen LogP contribution in [0.15, 0.2) is 18.0 Å². The second-order valence-corrected chi connectivity index (χ2v) is 6.85. The Morgan fingerprint density at radius 3 is 2.15 bits per heavy atom. The van der Waals surface area contributed by atoms with Crippen molar-refractivity contribution in [1.82, 2.24) is 0 Å². The molecule has 2 rings (SSSR count). The molecule has 148 valence electrons. The molecule has 1 saturated heterocycles. The van der Waals surface area contributed by atoms with E-state index in [1.807, 2.05) is 5.38 Å². The van der Waals surface area contributed by atoms with E-state index in [1.54, 1.807) is 19.1 Å². The number of thiophene rings is 1. The minimum Gasteiger partial charge on any atom is -0.459 e. The lowest BCUT2D eigenvalue weighted by Gasteiger charge is -2.43. The average molecular weight is 398 g/mol. The van der Waals surface area contributed by atoms with Gasteiger partial charge in [0.05, 0.1) is 11.0 Å². The molecule has 1 aliphatic rings. The second kappa shape index (κ2) is 9.01. The summed E-state index contributed by atoms with van der Waals surface area (Å²) in [6.45, 7) is 9.00. The maximum Gasteiger partial charge on any atom is 0.303 e. The van der Waals surface area contributed by atoms with Crippen molar-refractivity contribution in [3.8, 4) is 5.75 Å². The highest BCUT2D eigenvalue weighted by Gasteiger charge is 2.51. The van der Waals surface area contributed by atoms with Gasteiger partial charge in [0.2, 0.25) is 12.4 Å². The van der Waals surface area contributed by atoms with Crippen molar-refractivity contribution >= 4 is 35.3 Å². The third-order valence-electron chi connectivity index (χ3n) is 3.72. The summed E-state index contributed by atoms with van der Waals surface area (Å²) < 4.78 is 27.6. The van der Waals surface area contributed by atoms with E-state index in [9.17, 15) is 14.4 Å². The van der Waals surface area contributed by atoms with Crippen LogP contribution in [-0.4, -0.2) is 48.6 Å². The van der Waals surface area contributed by atoms with Gasteiger partial charge < -0.3 is 23.7 Å². The number of esters is 3.